The maximum absolute atomic E-state index is 3.76. The number of hydrogen-bond donors (Lipinski definition) is 1. The molecule has 2 heteroatoms. The summed E-state index contributed by atoms with van der Waals surface area (Å²) in [5, 5.41) is 0. The fourth-order valence-corrected chi connectivity index (χ4v) is 4.81. The summed E-state index contributed by atoms with van der Waals surface area (Å²) in [6, 6.07) is 9.19. The van der Waals surface area contributed by atoms with Gasteiger partial charge in [0, 0.05) is 4.91 Å². The molecule has 114 valence electrons. The van der Waals surface area contributed by atoms with Crippen LogP contribution in [0.25, 0.3) is 4.91 Å². The Morgan fingerprint density at radius 3 is 2.19 bits per heavy atom. The van der Waals surface area contributed by atoms with Crippen molar-refractivity contribution in [3.05, 3.63) is 41.0 Å². The number of benzene rings is 1. The van der Waals surface area contributed by atoms with Crippen LogP contribution in [0, 0.1) is 0 Å². The van der Waals surface area contributed by atoms with E-state index in [1.54, 1.807) is 5.57 Å². The van der Waals surface area contributed by atoms with Gasteiger partial charge in [-0.3, -0.25) is 0 Å². The zero-order valence-electron chi connectivity index (χ0n) is 13.8. The van der Waals surface area contributed by atoms with Crippen molar-refractivity contribution < 1.29 is 0 Å². The fourth-order valence-electron chi connectivity index (χ4n) is 3.55. The third-order valence-electron chi connectivity index (χ3n) is 5.13. The van der Waals surface area contributed by atoms with E-state index in [4.69, 9.17) is 0 Å². The molecule has 0 bridgehead atoms. The minimum atomic E-state index is 0.230. The molecular formula is C19H27NS. The van der Waals surface area contributed by atoms with E-state index in [-0.39, 0.29) is 11.0 Å². The Kier molecular flexibility index (Phi) is 3.96. The first-order chi connectivity index (χ1) is 9.92. The van der Waals surface area contributed by atoms with E-state index in [2.05, 4.69) is 56.7 Å². The van der Waals surface area contributed by atoms with Crippen LogP contribution in [0.3, 0.4) is 0 Å². The van der Waals surface area contributed by atoms with E-state index in [1.165, 1.54) is 48.1 Å². The first-order valence-corrected chi connectivity index (χ1v) is 9.00. The molecule has 21 heavy (non-hydrogen) atoms. The summed E-state index contributed by atoms with van der Waals surface area (Å²) < 4.78 is 3.76. The van der Waals surface area contributed by atoms with Crippen LogP contribution in [-0.4, -0.2) is 5.54 Å². The molecular weight excluding hydrogens is 274 g/mol. The van der Waals surface area contributed by atoms with E-state index in [1.807, 2.05) is 11.9 Å². The van der Waals surface area contributed by atoms with Crippen LogP contribution in [0.1, 0.15) is 70.9 Å². The van der Waals surface area contributed by atoms with Gasteiger partial charge in [-0.05, 0) is 53.8 Å². The summed E-state index contributed by atoms with van der Waals surface area (Å²) in [5.41, 5.74) is 4.86. The summed E-state index contributed by atoms with van der Waals surface area (Å²) in [5.74, 6) is 0. The molecule has 2 aliphatic rings. The predicted octanol–water partition coefficient (Wildman–Crippen LogP) is 5.67. The van der Waals surface area contributed by atoms with Gasteiger partial charge in [0.1, 0.15) is 0 Å². The minimum absolute atomic E-state index is 0.230. The molecule has 1 heterocycles. The van der Waals surface area contributed by atoms with Crippen molar-refractivity contribution in [1.29, 1.82) is 0 Å². The summed E-state index contributed by atoms with van der Waals surface area (Å²) in [4.78, 5) is 1.46. The summed E-state index contributed by atoms with van der Waals surface area (Å²) >= 11 is 1.85. The van der Waals surface area contributed by atoms with E-state index in [0.29, 0.717) is 0 Å². The lowest BCUT2D eigenvalue weighted by Gasteiger charge is -2.34. The molecule has 1 saturated carbocycles. The van der Waals surface area contributed by atoms with Crippen molar-refractivity contribution >= 4 is 16.9 Å². The molecule has 1 nitrogen and oxygen atoms in total. The van der Waals surface area contributed by atoms with Gasteiger partial charge in [0.2, 0.25) is 0 Å². The molecule has 0 atom stereocenters. The van der Waals surface area contributed by atoms with Gasteiger partial charge in [-0.25, -0.2) is 4.72 Å². The average molecular weight is 301 g/mol. The van der Waals surface area contributed by atoms with Gasteiger partial charge < -0.3 is 0 Å². The normalized spacial score (nSPS) is 22.1. The topological polar surface area (TPSA) is 12.0 Å². The van der Waals surface area contributed by atoms with Crippen LogP contribution < -0.4 is 4.72 Å². The first-order valence-electron chi connectivity index (χ1n) is 8.19. The third-order valence-corrected chi connectivity index (χ3v) is 6.37. The molecule has 3 rings (SSSR count). The second-order valence-electron chi connectivity index (χ2n) is 7.63. The second-order valence-corrected chi connectivity index (χ2v) is 8.44. The van der Waals surface area contributed by atoms with Gasteiger partial charge >= 0.3 is 0 Å². The number of rotatable bonds is 1. The van der Waals surface area contributed by atoms with Gasteiger partial charge in [0.15, 0.2) is 0 Å². The highest BCUT2D eigenvalue weighted by Gasteiger charge is 2.39. The van der Waals surface area contributed by atoms with Crippen molar-refractivity contribution in [2.24, 2.45) is 0 Å². The van der Waals surface area contributed by atoms with Crippen LogP contribution in [0.15, 0.2) is 29.8 Å². The standard InChI is InChI=1S/C19H27NS/c1-14-17(21-20-19(14)12-6-5-7-13-19)15-8-10-16(11-9-15)18(2,3)4/h8-11,20H,5-7,12-13H2,1-4H3. The Labute approximate surface area is 133 Å². The van der Waals surface area contributed by atoms with Crippen molar-refractivity contribution in [2.45, 2.75) is 70.8 Å². The predicted molar refractivity (Wildman–Crippen MR) is 94.3 cm³/mol. The molecule has 0 aromatic heterocycles. The SMILES string of the molecule is CC1=C(c2ccc(C(C)(C)C)cc2)SNC12CCCCC2. The Morgan fingerprint density at radius 1 is 1.00 bits per heavy atom. The molecule has 0 radical (unpaired) electrons. The lowest BCUT2D eigenvalue weighted by Crippen LogP contribution is -2.41. The van der Waals surface area contributed by atoms with Gasteiger partial charge in [-0.1, -0.05) is 64.3 Å². The van der Waals surface area contributed by atoms with Crippen LogP contribution in [-0.2, 0) is 5.41 Å². The van der Waals surface area contributed by atoms with Crippen molar-refractivity contribution in [3.8, 4) is 0 Å². The summed E-state index contributed by atoms with van der Waals surface area (Å²) in [6.45, 7) is 9.16. The minimum Gasteiger partial charge on any atom is -0.250 e. The fraction of sp³-hybridized carbons (Fsp3) is 0.579. The maximum atomic E-state index is 3.76. The zero-order chi connectivity index (χ0) is 15.1. The van der Waals surface area contributed by atoms with Gasteiger partial charge in [-0.2, -0.15) is 0 Å². The summed E-state index contributed by atoms with van der Waals surface area (Å²) in [7, 11) is 0. The molecule has 1 aromatic rings. The Balaban J connectivity index is 1.90. The lowest BCUT2D eigenvalue weighted by molar-refractivity contribution is 0.326. The van der Waals surface area contributed by atoms with Gasteiger partial charge in [0.05, 0.1) is 5.54 Å². The molecule has 1 spiro atoms. The van der Waals surface area contributed by atoms with Gasteiger partial charge in [0.25, 0.3) is 0 Å². The third kappa shape index (κ3) is 2.80. The highest BCUT2D eigenvalue weighted by Crippen LogP contribution is 2.48. The quantitative estimate of drug-likeness (QED) is 0.671. The summed E-state index contributed by atoms with van der Waals surface area (Å²) in [6.07, 6.45) is 6.73. The molecule has 1 aliphatic carbocycles. The second kappa shape index (κ2) is 5.48. The largest absolute Gasteiger partial charge is 0.250 e. The molecule has 1 aliphatic heterocycles. The number of nitrogens with one attached hydrogen (secondary N) is 1. The van der Waals surface area contributed by atoms with Crippen LogP contribution in [0.2, 0.25) is 0 Å². The Bertz CT molecular complexity index is 542. The maximum Gasteiger partial charge on any atom is 0.0506 e. The highest BCUT2D eigenvalue weighted by atomic mass is 32.2. The smallest absolute Gasteiger partial charge is 0.0506 e. The van der Waals surface area contributed by atoms with Crippen LogP contribution in [0.4, 0.5) is 0 Å². The van der Waals surface area contributed by atoms with Crippen molar-refractivity contribution in [1.82, 2.24) is 4.72 Å². The van der Waals surface area contributed by atoms with Crippen molar-refractivity contribution in [3.63, 3.8) is 0 Å². The first kappa shape index (κ1) is 15.2. The molecule has 1 aromatic carbocycles. The average Bonchev–Trinajstić information content (AvgIpc) is 2.76. The van der Waals surface area contributed by atoms with E-state index in [0.717, 1.165) is 0 Å². The molecule has 0 saturated heterocycles. The molecule has 1 N–H and O–H groups in total. The number of hydrogen-bond acceptors (Lipinski definition) is 2. The zero-order valence-corrected chi connectivity index (χ0v) is 14.6. The van der Waals surface area contributed by atoms with E-state index in [9.17, 15) is 0 Å². The molecule has 1 fully saturated rings. The van der Waals surface area contributed by atoms with E-state index < -0.39 is 0 Å². The van der Waals surface area contributed by atoms with Crippen molar-refractivity contribution in [2.75, 3.05) is 0 Å². The monoisotopic (exact) mass is 301 g/mol. The molecule has 0 unspecified atom stereocenters. The Hall–Kier alpha value is -0.730. The van der Waals surface area contributed by atoms with Crippen LogP contribution >= 0.6 is 11.9 Å². The highest BCUT2D eigenvalue weighted by molar-refractivity contribution is 8.06. The Morgan fingerprint density at radius 2 is 1.62 bits per heavy atom. The molecule has 0 amide bonds. The van der Waals surface area contributed by atoms with E-state index >= 15 is 0 Å². The van der Waals surface area contributed by atoms with Crippen LogP contribution in [0.5, 0.6) is 0 Å². The van der Waals surface area contributed by atoms with Gasteiger partial charge in [-0.15, -0.1) is 0 Å². The lowest BCUT2D eigenvalue weighted by atomic mass is 9.77.